The maximum absolute atomic E-state index is 13.4. The lowest BCUT2D eigenvalue weighted by Crippen LogP contribution is -2.54. The van der Waals surface area contributed by atoms with Crippen LogP contribution in [0.15, 0.2) is 55.0 Å². The van der Waals surface area contributed by atoms with E-state index in [1.54, 1.807) is 60.8 Å². The number of carbonyl (C=O) groups excluding carboxylic acids is 1. The number of rotatable bonds is 4. The summed E-state index contributed by atoms with van der Waals surface area (Å²) in [5.74, 6) is -0.176. The van der Waals surface area contributed by atoms with Gasteiger partial charge in [-0.15, -0.1) is 0 Å². The molecule has 7 nitrogen and oxygen atoms in total. The quantitative estimate of drug-likeness (QED) is 0.450. The Hall–Kier alpha value is -3.79. The molecule has 34 heavy (non-hydrogen) atoms. The highest BCUT2D eigenvalue weighted by atomic mass is 19.4. The predicted octanol–water partition coefficient (Wildman–Crippen LogP) is 4.19. The lowest BCUT2D eigenvalue weighted by atomic mass is 10.00. The summed E-state index contributed by atoms with van der Waals surface area (Å²) in [7, 11) is 3.07. The largest absolute Gasteiger partial charge is 0.435 e. The zero-order valence-corrected chi connectivity index (χ0v) is 18.4. The van der Waals surface area contributed by atoms with Crippen LogP contribution in [0.4, 0.5) is 13.2 Å². The molecule has 0 unspecified atom stereocenters. The topological polar surface area (TPSA) is 73.1 Å². The summed E-state index contributed by atoms with van der Waals surface area (Å²) < 4.78 is 46.5. The van der Waals surface area contributed by atoms with Gasteiger partial charge in [0.25, 0.3) is 5.91 Å². The molecule has 3 aromatic heterocycles. The van der Waals surface area contributed by atoms with Crippen LogP contribution >= 0.6 is 0 Å². The molecule has 10 heteroatoms. The molecule has 0 N–H and O–H groups in total. The number of aromatic nitrogens is 4. The van der Waals surface area contributed by atoms with Gasteiger partial charge in [-0.2, -0.15) is 18.3 Å². The number of fused-ring (bicyclic) bond motifs is 1. The van der Waals surface area contributed by atoms with E-state index >= 15 is 0 Å². The number of ether oxygens (including phenoxy) is 1. The minimum absolute atomic E-state index is 0.00696. The third kappa shape index (κ3) is 3.90. The second-order valence-electron chi connectivity index (χ2n) is 8.16. The van der Waals surface area contributed by atoms with Gasteiger partial charge in [-0.05, 0) is 23.3 Å². The molecule has 0 radical (unpaired) electrons. The van der Waals surface area contributed by atoms with Gasteiger partial charge in [0.1, 0.15) is 5.69 Å². The number of benzene rings is 1. The summed E-state index contributed by atoms with van der Waals surface area (Å²) in [6, 6.07) is 10.1. The molecule has 0 bridgehead atoms. The van der Waals surface area contributed by atoms with Gasteiger partial charge in [0, 0.05) is 62.4 Å². The van der Waals surface area contributed by atoms with Crippen LogP contribution in [0, 0.1) is 0 Å². The molecule has 1 amide bonds. The van der Waals surface area contributed by atoms with Gasteiger partial charge in [0.15, 0.2) is 5.69 Å². The van der Waals surface area contributed by atoms with E-state index in [0.717, 1.165) is 15.6 Å². The van der Waals surface area contributed by atoms with Gasteiger partial charge < -0.3 is 9.64 Å². The molecule has 5 rings (SSSR count). The molecule has 1 aromatic carbocycles. The van der Waals surface area contributed by atoms with Crippen LogP contribution in [0.1, 0.15) is 16.2 Å². The number of nitrogens with zero attached hydrogens (tertiary/aromatic N) is 5. The van der Waals surface area contributed by atoms with Crippen LogP contribution in [0.5, 0.6) is 0 Å². The van der Waals surface area contributed by atoms with Crippen molar-refractivity contribution in [2.75, 3.05) is 20.2 Å². The Morgan fingerprint density at radius 1 is 1.03 bits per heavy atom. The van der Waals surface area contributed by atoms with Crippen LogP contribution < -0.4 is 0 Å². The van der Waals surface area contributed by atoms with E-state index in [2.05, 4.69) is 15.1 Å². The van der Waals surface area contributed by atoms with Gasteiger partial charge >= 0.3 is 6.18 Å². The van der Waals surface area contributed by atoms with E-state index in [9.17, 15) is 18.0 Å². The van der Waals surface area contributed by atoms with Gasteiger partial charge in [-0.1, -0.05) is 24.3 Å². The molecular formula is C24H20F3N5O2. The number of likely N-dealkylation sites (tertiary alicyclic amines) is 1. The Labute approximate surface area is 192 Å². The van der Waals surface area contributed by atoms with Crippen LogP contribution in [0.2, 0.25) is 0 Å². The molecule has 0 atom stereocenters. The van der Waals surface area contributed by atoms with E-state index in [-0.39, 0.29) is 17.6 Å². The first kappa shape index (κ1) is 22.0. The number of carbonyl (C=O) groups is 1. The lowest BCUT2D eigenvalue weighted by molar-refractivity contribution is -0.140. The summed E-state index contributed by atoms with van der Waals surface area (Å²) in [5, 5.41) is 4.32. The molecule has 4 heterocycles. The first-order chi connectivity index (χ1) is 16.2. The highest BCUT2D eigenvalue weighted by Gasteiger charge is 2.37. The second-order valence-corrected chi connectivity index (χ2v) is 8.16. The Bertz CT molecular complexity index is 1380. The highest BCUT2D eigenvalue weighted by Crippen LogP contribution is 2.37. The summed E-state index contributed by atoms with van der Waals surface area (Å²) in [4.78, 5) is 23.3. The molecule has 0 aliphatic carbocycles. The summed E-state index contributed by atoms with van der Waals surface area (Å²) in [6.45, 7) is 1.04. The van der Waals surface area contributed by atoms with E-state index in [4.69, 9.17) is 4.74 Å². The molecule has 0 spiro atoms. The number of aryl methyl sites for hydroxylation is 1. The molecule has 0 saturated carbocycles. The molecule has 1 fully saturated rings. The van der Waals surface area contributed by atoms with Crippen molar-refractivity contribution < 1.29 is 22.7 Å². The van der Waals surface area contributed by atoms with E-state index in [1.165, 1.54) is 13.2 Å². The Morgan fingerprint density at radius 3 is 2.35 bits per heavy atom. The van der Waals surface area contributed by atoms with Crippen molar-refractivity contribution in [2.45, 2.75) is 12.3 Å². The molecular weight excluding hydrogens is 447 g/mol. The minimum atomic E-state index is -4.55. The fourth-order valence-corrected chi connectivity index (χ4v) is 4.03. The highest BCUT2D eigenvalue weighted by molar-refractivity contribution is 5.98. The third-order valence-corrected chi connectivity index (χ3v) is 5.89. The van der Waals surface area contributed by atoms with Crippen molar-refractivity contribution in [1.82, 2.24) is 24.6 Å². The van der Waals surface area contributed by atoms with Crippen LogP contribution in [0.25, 0.3) is 33.2 Å². The maximum atomic E-state index is 13.4. The van der Waals surface area contributed by atoms with Crippen molar-refractivity contribution >= 4 is 16.8 Å². The number of hydrogen-bond acceptors (Lipinski definition) is 5. The third-order valence-electron chi connectivity index (χ3n) is 5.89. The van der Waals surface area contributed by atoms with Gasteiger partial charge in [0.2, 0.25) is 0 Å². The summed E-state index contributed by atoms with van der Waals surface area (Å²) in [6.07, 6.45) is 0.126. The first-order valence-corrected chi connectivity index (χ1v) is 10.5. The second kappa shape index (κ2) is 8.21. The number of halogens is 3. The standard InChI is InChI=1S/C24H20F3N5O2/c1-31-13-19(22(30-31)24(25,26)27)15-5-3-14(4-6-15)18-10-28-9-16-7-8-20(29-21(16)18)23(33)32-11-17(12-32)34-2/h3-10,13,17H,11-12H2,1-2H3. The number of alkyl halides is 3. The molecule has 4 aromatic rings. The molecule has 174 valence electrons. The average molecular weight is 467 g/mol. The van der Waals surface area contributed by atoms with Gasteiger partial charge in [-0.3, -0.25) is 14.5 Å². The van der Waals surface area contributed by atoms with E-state index in [1.807, 2.05) is 0 Å². The lowest BCUT2D eigenvalue weighted by Gasteiger charge is -2.37. The monoisotopic (exact) mass is 467 g/mol. The predicted molar refractivity (Wildman–Crippen MR) is 119 cm³/mol. The van der Waals surface area contributed by atoms with E-state index in [0.29, 0.717) is 35.4 Å². The summed E-state index contributed by atoms with van der Waals surface area (Å²) in [5.41, 5.74) is 1.78. The number of hydrogen-bond donors (Lipinski definition) is 0. The maximum Gasteiger partial charge on any atom is 0.435 e. The Morgan fingerprint density at radius 2 is 1.71 bits per heavy atom. The van der Waals surface area contributed by atoms with Gasteiger partial charge in [0.05, 0.1) is 11.6 Å². The first-order valence-electron chi connectivity index (χ1n) is 10.5. The summed E-state index contributed by atoms with van der Waals surface area (Å²) >= 11 is 0. The minimum Gasteiger partial charge on any atom is -0.378 e. The van der Waals surface area contributed by atoms with Crippen molar-refractivity contribution in [3.05, 3.63) is 66.4 Å². The van der Waals surface area contributed by atoms with Crippen LogP contribution in [-0.2, 0) is 18.0 Å². The number of amides is 1. The van der Waals surface area contributed by atoms with Crippen molar-refractivity contribution in [3.63, 3.8) is 0 Å². The zero-order chi connectivity index (χ0) is 24.0. The molecule has 1 saturated heterocycles. The molecule has 1 aliphatic heterocycles. The van der Waals surface area contributed by atoms with Gasteiger partial charge in [-0.25, -0.2) is 4.98 Å². The van der Waals surface area contributed by atoms with Crippen molar-refractivity contribution in [2.24, 2.45) is 7.05 Å². The fourth-order valence-electron chi connectivity index (χ4n) is 4.03. The Kier molecular flexibility index (Phi) is 5.32. The van der Waals surface area contributed by atoms with Crippen molar-refractivity contribution in [1.29, 1.82) is 0 Å². The zero-order valence-electron chi connectivity index (χ0n) is 18.4. The fraction of sp³-hybridized carbons (Fsp3) is 0.250. The van der Waals surface area contributed by atoms with Crippen LogP contribution in [-0.4, -0.2) is 56.9 Å². The van der Waals surface area contributed by atoms with E-state index < -0.39 is 11.9 Å². The number of methoxy groups -OCH3 is 1. The number of pyridine rings is 2. The Balaban J connectivity index is 1.50. The van der Waals surface area contributed by atoms with Crippen LogP contribution in [0.3, 0.4) is 0 Å². The van der Waals surface area contributed by atoms with Crippen molar-refractivity contribution in [3.8, 4) is 22.3 Å². The average Bonchev–Trinajstić information content (AvgIpc) is 3.20. The smallest absolute Gasteiger partial charge is 0.378 e. The molecule has 1 aliphatic rings. The normalized spacial score (nSPS) is 14.4. The SMILES string of the molecule is COC1CN(C(=O)c2ccc3cncc(-c4ccc(-c5cn(C)nc5C(F)(F)F)cc4)c3n2)C1.